The second kappa shape index (κ2) is 5.57. The largest absolute Gasteiger partial charge is 0.479 e. The molecule has 0 saturated carbocycles. The highest BCUT2D eigenvalue weighted by molar-refractivity contribution is 9.10. The maximum Gasteiger partial charge on any atom is 0.331 e. The topological polar surface area (TPSA) is 70.5 Å². The Morgan fingerprint density at radius 1 is 1.43 bits per heavy atom. The summed E-state index contributed by atoms with van der Waals surface area (Å²) >= 11 is 4.82. The molecule has 0 fully saturated rings. The molecule has 2 aromatic heterocycles. The number of nitrogens with zero attached hydrogens (tertiary/aromatic N) is 2. The van der Waals surface area contributed by atoms with Gasteiger partial charge in [0.25, 0.3) is 5.91 Å². The Labute approximate surface area is 133 Å². The smallest absolute Gasteiger partial charge is 0.331 e. The van der Waals surface area contributed by atoms with E-state index in [2.05, 4.69) is 20.9 Å². The van der Waals surface area contributed by atoms with Gasteiger partial charge in [-0.2, -0.15) is 0 Å². The van der Waals surface area contributed by atoms with E-state index in [9.17, 15) is 14.7 Å². The molecule has 1 amide bonds. The number of aromatic nitrogens is 1. The molecule has 1 aliphatic rings. The molecule has 0 aliphatic carbocycles. The molecule has 3 rings (SSSR count). The van der Waals surface area contributed by atoms with Crippen LogP contribution in [0.1, 0.15) is 27.0 Å². The second-order valence-electron chi connectivity index (χ2n) is 4.62. The molecular weight excluding hydrogens is 356 g/mol. The highest BCUT2D eigenvalue weighted by atomic mass is 79.9. The van der Waals surface area contributed by atoms with Gasteiger partial charge in [0.1, 0.15) is 5.69 Å². The van der Waals surface area contributed by atoms with Crippen molar-refractivity contribution in [2.75, 3.05) is 6.54 Å². The fourth-order valence-electron chi connectivity index (χ4n) is 2.48. The Morgan fingerprint density at radius 2 is 2.24 bits per heavy atom. The third kappa shape index (κ3) is 2.47. The van der Waals surface area contributed by atoms with E-state index >= 15 is 0 Å². The molecule has 0 spiro atoms. The molecule has 21 heavy (non-hydrogen) atoms. The van der Waals surface area contributed by atoms with Crippen LogP contribution in [0.25, 0.3) is 0 Å². The summed E-state index contributed by atoms with van der Waals surface area (Å²) in [5, 5.41) is 11.4. The van der Waals surface area contributed by atoms with Crippen LogP contribution >= 0.6 is 27.3 Å². The quantitative estimate of drug-likeness (QED) is 0.886. The van der Waals surface area contributed by atoms with Crippen molar-refractivity contribution in [3.8, 4) is 0 Å². The molecule has 2 aromatic rings. The lowest BCUT2D eigenvalue weighted by Gasteiger charge is -2.33. The average molecular weight is 367 g/mol. The van der Waals surface area contributed by atoms with E-state index in [1.165, 1.54) is 22.4 Å². The van der Waals surface area contributed by atoms with Crippen molar-refractivity contribution < 1.29 is 14.7 Å². The van der Waals surface area contributed by atoms with Gasteiger partial charge in [-0.05, 0) is 51.5 Å². The molecule has 1 unspecified atom stereocenters. The zero-order valence-electron chi connectivity index (χ0n) is 10.8. The van der Waals surface area contributed by atoms with Gasteiger partial charge in [0, 0.05) is 22.1 Å². The Kier molecular flexibility index (Phi) is 3.77. The molecular formula is C14H11BrN2O3S. The highest BCUT2D eigenvalue weighted by Gasteiger charge is 2.37. The predicted molar refractivity (Wildman–Crippen MR) is 81.4 cm³/mol. The monoisotopic (exact) mass is 366 g/mol. The molecule has 108 valence electrons. The number of rotatable bonds is 2. The molecule has 0 radical (unpaired) electrons. The number of pyridine rings is 1. The molecule has 1 atom stereocenters. The van der Waals surface area contributed by atoms with Crippen molar-refractivity contribution in [3.63, 3.8) is 0 Å². The Bertz CT molecular complexity index is 716. The van der Waals surface area contributed by atoms with Gasteiger partial charge in [0.2, 0.25) is 0 Å². The third-order valence-corrected chi connectivity index (χ3v) is 5.06. The summed E-state index contributed by atoms with van der Waals surface area (Å²) in [4.78, 5) is 30.7. The minimum atomic E-state index is -1.02. The van der Waals surface area contributed by atoms with Crippen LogP contribution in [-0.4, -0.2) is 33.4 Å². The van der Waals surface area contributed by atoms with Crippen molar-refractivity contribution in [3.05, 3.63) is 50.4 Å². The lowest BCUT2D eigenvalue weighted by atomic mass is 9.99. The summed E-state index contributed by atoms with van der Waals surface area (Å²) in [5.74, 6) is -1.39. The van der Waals surface area contributed by atoms with Crippen LogP contribution in [0.15, 0.2) is 34.2 Å². The Morgan fingerprint density at radius 3 is 2.95 bits per heavy atom. The molecule has 0 saturated heterocycles. The van der Waals surface area contributed by atoms with Gasteiger partial charge in [0.15, 0.2) is 6.04 Å². The number of carboxylic acids is 1. The molecule has 0 aromatic carbocycles. The summed E-state index contributed by atoms with van der Waals surface area (Å²) in [7, 11) is 0. The van der Waals surface area contributed by atoms with Gasteiger partial charge < -0.3 is 10.0 Å². The van der Waals surface area contributed by atoms with Crippen molar-refractivity contribution in [2.45, 2.75) is 12.5 Å². The lowest BCUT2D eigenvalue weighted by molar-refractivity contribution is -0.142. The van der Waals surface area contributed by atoms with Gasteiger partial charge in [-0.3, -0.25) is 4.79 Å². The van der Waals surface area contributed by atoms with Gasteiger partial charge >= 0.3 is 5.97 Å². The number of fused-ring (bicyclic) bond motifs is 1. The van der Waals surface area contributed by atoms with Crippen molar-refractivity contribution in [1.29, 1.82) is 0 Å². The standard InChI is InChI=1S/C14H11BrN2O3S/c15-9-2-1-5-16-11(9)13(18)17-6-3-10-8(4-7-21-10)12(17)14(19)20/h1-2,4-5,7,12H,3,6H2,(H,19,20). The number of hydrogen-bond donors (Lipinski definition) is 1. The molecule has 5 nitrogen and oxygen atoms in total. The number of hydrogen-bond acceptors (Lipinski definition) is 4. The van der Waals surface area contributed by atoms with E-state index in [-0.39, 0.29) is 11.6 Å². The molecule has 7 heteroatoms. The average Bonchev–Trinajstić information content (AvgIpc) is 2.94. The van der Waals surface area contributed by atoms with Crippen molar-refractivity contribution in [2.24, 2.45) is 0 Å². The van der Waals surface area contributed by atoms with Crippen molar-refractivity contribution in [1.82, 2.24) is 9.88 Å². The number of aliphatic carboxylic acids is 1. The van der Waals surface area contributed by atoms with Crippen LogP contribution in [-0.2, 0) is 11.2 Å². The van der Waals surface area contributed by atoms with Crippen LogP contribution in [0.2, 0.25) is 0 Å². The number of carbonyl (C=O) groups excluding carboxylic acids is 1. The van der Waals surface area contributed by atoms with Crippen LogP contribution in [0.5, 0.6) is 0 Å². The summed E-state index contributed by atoms with van der Waals surface area (Å²) < 4.78 is 0.565. The SMILES string of the molecule is O=C(O)C1c2ccsc2CCN1C(=O)c1ncccc1Br. The van der Waals surface area contributed by atoms with E-state index in [1.807, 2.05) is 5.38 Å². The lowest BCUT2D eigenvalue weighted by Crippen LogP contribution is -2.43. The Balaban J connectivity index is 2.00. The van der Waals surface area contributed by atoms with Crippen molar-refractivity contribution >= 4 is 39.1 Å². The summed E-state index contributed by atoms with van der Waals surface area (Å²) in [6.07, 6.45) is 2.20. The maximum atomic E-state index is 12.6. The third-order valence-electron chi connectivity index (χ3n) is 3.42. The zero-order valence-corrected chi connectivity index (χ0v) is 13.2. The first-order valence-corrected chi connectivity index (χ1v) is 7.97. The second-order valence-corrected chi connectivity index (χ2v) is 6.48. The van der Waals surface area contributed by atoms with Gasteiger partial charge in [-0.15, -0.1) is 11.3 Å². The highest BCUT2D eigenvalue weighted by Crippen LogP contribution is 2.34. The first kappa shape index (κ1) is 14.2. The van der Waals surface area contributed by atoms with Crippen LogP contribution in [0.4, 0.5) is 0 Å². The number of thiophene rings is 1. The molecule has 3 heterocycles. The number of carboxylic acid groups (broad SMARTS) is 1. The summed E-state index contributed by atoms with van der Waals surface area (Å²) in [6.45, 7) is 0.381. The number of carbonyl (C=O) groups is 2. The number of amides is 1. The van der Waals surface area contributed by atoms with Crippen LogP contribution in [0.3, 0.4) is 0 Å². The Hall–Kier alpha value is -1.73. The minimum absolute atomic E-state index is 0.238. The van der Waals surface area contributed by atoms with Crippen LogP contribution in [0, 0.1) is 0 Å². The van der Waals surface area contributed by atoms with E-state index in [0.717, 1.165) is 4.88 Å². The minimum Gasteiger partial charge on any atom is -0.479 e. The summed E-state index contributed by atoms with van der Waals surface area (Å²) in [6, 6.07) is 4.27. The first-order chi connectivity index (χ1) is 10.1. The van der Waals surface area contributed by atoms with E-state index < -0.39 is 12.0 Å². The number of halogens is 1. The molecule has 1 aliphatic heterocycles. The van der Waals surface area contributed by atoms with E-state index in [4.69, 9.17) is 0 Å². The van der Waals surface area contributed by atoms with E-state index in [0.29, 0.717) is 23.0 Å². The normalized spacial score (nSPS) is 17.4. The molecule has 0 bridgehead atoms. The fourth-order valence-corrected chi connectivity index (χ4v) is 3.81. The van der Waals surface area contributed by atoms with Gasteiger partial charge in [-0.1, -0.05) is 0 Å². The van der Waals surface area contributed by atoms with E-state index in [1.54, 1.807) is 18.2 Å². The summed E-state index contributed by atoms with van der Waals surface area (Å²) in [5.41, 5.74) is 0.946. The van der Waals surface area contributed by atoms with Gasteiger partial charge in [-0.25, -0.2) is 9.78 Å². The maximum absolute atomic E-state index is 12.6. The van der Waals surface area contributed by atoms with Gasteiger partial charge in [0.05, 0.1) is 0 Å². The molecule has 1 N–H and O–H groups in total. The van der Waals surface area contributed by atoms with Crippen LogP contribution < -0.4 is 0 Å². The zero-order chi connectivity index (χ0) is 15.0. The predicted octanol–water partition coefficient (Wildman–Crippen LogP) is 2.73. The fraction of sp³-hybridized carbons (Fsp3) is 0.214. The first-order valence-electron chi connectivity index (χ1n) is 6.30.